The third-order valence-electron chi connectivity index (χ3n) is 2.42. The number of benzene rings is 1. The number of hydrogen-bond donors (Lipinski definition) is 4. The van der Waals surface area contributed by atoms with Gasteiger partial charge >= 0.3 is 0 Å². The predicted molar refractivity (Wildman–Crippen MR) is 73.9 cm³/mol. The van der Waals surface area contributed by atoms with Crippen LogP contribution in [-0.2, 0) is 11.3 Å². The number of carbonyl (C=O) groups is 1. The Morgan fingerprint density at radius 1 is 1.37 bits per heavy atom. The van der Waals surface area contributed by atoms with E-state index in [1.807, 2.05) is 26.0 Å². The molecule has 0 unspecified atom stereocenters. The van der Waals surface area contributed by atoms with Gasteiger partial charge in [0, 0.05) is 18.2 Å². The lowest BCUT2D eigenvalue weighted by molar-refractivity contribution is -0.120. The molecule has 5 N–H and O–H groups in total. The van der Waals surface area contributed by atoms with Gasteiger partial charge in [0.05, 0.1) is 6.54 Å². The van der Waals surface area contributed by atoms with Gasteiger partial charge in [-0.1, -0.05) is 29.4 Å². The average Bonchev–Trinajstić information content (AvgIpc) is 2.37. The van der Waals surface area contributed by atoms with Crippen molar-refractivity contribution in [3.63, 3.8) is 0 Å². The number of oxime groups is 1. The number of nitrogens with one attached hydrogen (secondary N) is 2. The van der Waals surface area contributed by atoms with Crippen LogP contribution in [0.4, 0.5) is 0 Å². The monoisotopic (exact) mass is 264 g/mol. The maximum atomic E-state index is 11.4. The van der Waals surface area contributed by atoms with Gasteiger partial charge in [0.15, 0.2) is 5.84 Å². The van der Waals surface area contributed by atoms with Crippen LogP contribution in [0.3, 0.4) is 0 Å². The number of carbonyl (C=O) groups excluding carboxylic acids is 1. The summed E-state index contributed by atoms with van der Waals surface area (Å²) in [5.74, 6) is 0.0547. The van der Waals surface area contributed by atoms with E-state index >= 15 is 0 Å². The van der Waals surface area contributed by atoms with Crippen LogP contribution in [0.5, 0.6) is 0 Å². The number of amides is 1. The second kappa shape index (κ2) is 7.38. The Kier molecular flexibility index (Phi) is 5.81. The van der Waals surface area contributed by atoms with Gasteiger partial charge in [-0.3, -0.25) is 4.79 Å². The minimum atomic E-state index is -0.0247. The first-order valence-electron chi connectivity index (χ1n) is 6.10. The third-order valence-corrected chi connectivity index (χ3v) is 2.42. The summed E-state index contributed by atoms with van der Waals surface area (Å²) in [5, 5.41) is 17.3. The summed E-state index contributed by atoms with van der Waals surface area (Å²) in [6, 6.07) is 7.40. The number of rotatable bonds is 6. The van der Waals surface area contributed by atoms with E-state index in [1.165, 1.54) is 0 Å². The summed E-state index contributed by atoms with van der Waals surface area (Å²) in [6.45, 7) is 4.70. The van der Waals surface area contributed by atoms with Crippen LogP contribution in [-0.4, -0.2) is 29.5 Å². The molecule has 0 saturated carbocycles. The molecule has 0 atom stereocenters. The van der Waals surface area contributed by atoms with E-state index in [4.69, 9.17) is 10.9 Å². The maximum Gasteiger partial charge on any atom is 0.234 e. The molecule has 1 aromatic rings. The zero-order valence-electron chi connectivity index (χ0n) is 11.2. The Hall–Kier alpha value is -2.08. The lowest BCUT2D eigenvalue weighted by atomic mass is 10.1. The second-order valence-corrected chi connectivity index (χ2v) is 4.51. The molecule has 0 aliphatic carbocycles. The first-order valence-corrected chi connectivity index (χ1v) is 6.10. The van der Waals surface area contributed by atoms with Gasteiger partial charge in [-0.2, -0.15) is 0 Å². The molecule has 0 aliphatic heterocycles. The van der Waals surface area contributed by atoms with E-state index in [-0.39, 0.29) is 24.3 Å². The van der Waals surface area contributed by atoms with Crippen LogP contribution in [0.2, 0.25) is 0 Å². The molecule has 0 aromatic heterocycles. The number of hydrogen-bond acceptors (Lipinski definition) is 4. The maximum absolute atomic E-state index is 11.4. The third kappa shape index (κ3) is 5.39. The van der Waals surface area contributed by atoms with Gasteiger partial charge in [-0.15, -0.1) is 0 Å². The topological polar surface area (TPSA) is 99.7 Å². The minimum absolute atomic E-state index is 0.0247. The highest BCUT2D eigenvalue weighted by Gasteiger charge is 2.03. The fraction of sp³-hybridized carbons (Fsp3) is 0.385. The second-order valence-electron chi connectivity index (χ2n) is 4.51. The van der Waals surface area contributed by atoms with Gasteiger partial charge < -0.3 is 21.6 Å². The summed E-state index contributed by atoms with van der Waals surface area (Å²) in [4.78, 5) is 11.4. The van der Waals surface area contributed by atoms with Crippen molar-refractivity contribution < 1.29 is 10.0 Å². The van der Waals surface area contributed by atoms with Crippen LogP contribution in [0.25, 0.3) is 0 Å². The van der Waals surface area contributed by atoms with Crippen LogP contribution in [0.1, 0.15) is 25.0 Å². The van der Waals surface area contributed by atoms with Crippen LogP contribution in [0.15, 0.2) is 29.4 Å². The molecule has 6 nitrogen and oxygen atoms in total. The van der Waals surface area contributed by atoms with Gasteiger partial charge in [-0.25, -0.2) is 0 Å². The molecule has 0 spiro atoms. The normalized spacial score (nSPS) is 11.6. The molecule has 0 saturated heterocycles. The quantitative estimate of drug-likeness (QED) is 0.258. The first kappa shape index (κ1) is 15.0. The van der Waals surface area contributed by atoms with E-state index < -0.39 is 0 Å². The highest BCUT2D eigenvalue weighted by Crippen LogP contribution is 2.03. The van der Waals surface area contributed by atoms with Gasteiger partial charge in [-0.05, 0) is 19.4 Å². The van der Waals surface area contributed by atoms with E-state index in [0.717, 1.165) is 5.56 Å². The molecule has 0 aliphatic rings. The molecule has 0 bridgehead atoms. The minimum Gasteiger partial charge on any atom is -0.409 e. The Morgan fingerprint density at radius 2 is 2.00 bits per heavy atom. The Balaban J connectivity index is 2.40. The lowest BCUT2D eigenvalue weighted by Gasteiger charge is -2.09. The van der Waals surface area contributed by atoms with E-state index in [0.29, 0.717) is 12.1 Å². The molecular formula is C13H20N4O2. The lowest BCUT2D eigenvalue weighted by Crippen LogP contribution is -2.37. The highest BCUT2D eigenvalue weighted by atomic mass is 16.4. The molecule has 104 valence electrons. The van der Waals surface area contributed by atoms with Crippen molar-refractivity contribution in [3.05, 3.63) is 35.4 Å². The Morgan fingerprint density at radius 3 is 2.53 bits per heavy atom. The molecule has 0 radical (unpaired) electrons. The molecular weight excluding hydrogens is 244 g/mol. The van der Waals surface area contributed by atoms with E-state index in [2.05, 4.69) is 15.8 Å². The number of amidine groups is 1. The van der Waals surface area contributed by atoms with Crippen LogP contribution < -0.4 is 16.4 Å². The van der Waals surface area contributed by atoms with Crippen molar-refractivity contribution in [1.82, 2.24) is 10.6 Å². The van der Waals surface area contributed by atoms with E-state index in [1.54, 1.807) is 12.1 Å². The Bertz CT molecular complexity index is 440. The molecule has 0 heterocycles. The zero-order valence-corrected chi connectivity index (χ0v) is 11.2. The molecule has 0 fully saturated rings. The summed E-state index contributed by atoms with van der Waals surface area (Å²) in [6.07, 6.45) is 0. The molecule has 6 heteroatoms. The van der Waals surface area contributed by atoms with Crippen LogP contribution in [0, 0.1) is 0 Å². The largest absolute Gasteiger partial charge is 0.409 e. The van der Waals surface area contributed by atoms with Crippen molar-refractivity contribution >= 4 is 11.7 Å². The first-order chi connectivity index (χ1) is 9.02. The summed E-state index contributed by atoms with van der Waals surface area (Å²) in [5.41, 5.74) is 7.14. The highest BCUT2D eigenvalue weighted by molar-refractivity contribution is 5.96. The molecule has 1 amide bonds. The van der Waals surface area contributed by atoms with Gasteiger partial charge in [0.25, 0.3) is 0 Å². The number of nitrogens with zero attached hydrogens (tertiary/aromatic N) is 1. The van der Waals surface area contributed by atoms with Gasteiger partial charge in [0.2, 0.25) is 5.91 Å². The van der Waals surface area contributed by atoms with Crippen molar-refractivity contribution in [2.75, 3.05) is 6.54 Å². The smallest absolute Gasteiger partial charge is 0.234 e. The van der Waals surface area contributed by atoms with Crippen LogP contribution >= 0.6 is 0 Å². The zero-order chi connectivity index (χ0) is 14.3. The molecule has 19 heavy (non-hydrogen) atoms. The van der Waals surface area contributed by atoms with Crippen molar-refractivity contribution in [2.45, 2.75) is 26.4 Å². The van der Waals surface area contributed by atoms with Crippen molar-refractivity contribution in [2.24, 2.45) is 10.9 Å². The fourth-order valence-corrected chi connectivity index (χ4v) is 1.54. The summed E-state index contributed by atoms with van der Waals surface area (Å²) < 4.78 is 0. The molecule has 1 rings (SSSR count). The Labute approximate surface area is 112 Å². The number of nitrogens with two attached hydrogens (primary N) is 1. The molecule has 1 aromatic carbocycles. The fourth-order valence-electron chi connectivity index (χ4n) is 1.54. The predicted octanol–water partition coefficient (Wildman–Crippen LogP) is 0.395. The summed E-state index contributed by atoms with van der Waals surface area (Å²) >= 11 is 0. The standard InChI is InChI=1S/C13H20N4O2/c1-9(2)16-12(18)8-15-7-10-3-5-11(6-4-10)13(14)17-19/h3-6,9,15,19H,7-8H2,1-2H3,(H2,14,17)(H,16,18). The average molecular weight is 264 g/mol. The SMILES string of the molecule is CC(C)NC(=O)CNCc1ccc(C(N)=NO)cc1. The van der Waals surface area contributed by atoms with Crippen molar-refractivity contribution in [1.29, 1.82) is 0 Å². The van der Waals surface area contributed by atoms with E-state index in [9.17, 15) is 4.79 Å². The van der Waals surface area contributed by atoms with Gasteiger partial charge in [0.1, 0.15) is 0 Å². The summed E-state index contributed by atoms with van der Waals surface area (Å²) in [7, 11) is 0. The van der Waals surface area contributed by atoms with Crippen molar-refractivity contribution in [3.8, 4) is 0 Å².